The Labute approximate surface area is 113 Å². The van der Waals surface area contributed by atoms with Gasteiger partial charge in [-0.1, -0.05) is 18.2 Å². The smallest absolute Gasteiger partial charge is 0.340 e. The topological polar surface area (TPSA) is 18.5 Å². The number of allylic oxidation sites excluding steroid dienone is 3. The van der Waals surface area contributed by atoms with E-state index in [9.17, 15) is 26.3 Å². The number of ether oxygens (including phenoxy) is 2. The number of alkyl halides is 6. The summed E-state index contributed by atoms with van der Waals surface area (Å²) in [5.74, 6) is 0. The van der Waals surface area contributed by atoms with Crippen LogP contribution in [0.3, 0.4) is 0 Å². The number of hydrogen-bond donors (Lipinski definition) is 0. The molecule has 2 nitrogen and oxygen atoms in total. The molecule has 118 valence electrons. The van der Waals surface area contributed by atoms with Crippen molar-refractivity contribution in [2.45, 2.75) is 38.4 Å². The van der Waals surface area contributed by atoms with E-state index in [4.69, 9.17) is 0 Å². The highest BCUT2D eigenvalue weighted by molar-refractivity contribution is 4.89. The summed E-state index contributed by atoms with van der Waals surface area (Å²) in [6.45, 7) is -1.55. The van der Waals surface area contributed by atoms with Crippen LogP contribution in [0.25, 0.3) is 0 Å². The molecular weight excluding hydrogens is 290 g/mol. The molecule has 0 fully saturated rings. The second kappa shape index (κ2) is 9.02. The largest absolute Gasteiger partial charge is 0.411 e. The molecule has 0 saturated heterocycles. The van der Waals surface area contributed by atoms with Gasteiger partial charge in [0.05, 0.1) is 0 Å². The van der Waals surface area contributed by atoms with Crippen LogP contribution in [0.4, 0.5) is 26.3 Å². The summed E-state index contributed by atoms with van der Waals surface area (Å²) < 4.78 is 80.2. The van der Waals surface area contributed by atoms with Gasteiger partial charge in [0.2, 0.25) is 0 Å². The molecular formula is C12H16F6O2. The van der Waals surface area contributed by atoms with E-state index >= 15 is 0 Å². The standard InChI is InChI=1S/C12H16F6O2/c1-2-3-4-5-6-7-10(19-8-11(13,14)15)20-9-12(16,17)18/h2-3,6-7,10H,4-5,8-9H2,1H3. The van der Waals surface area contributed by atoms with Crippen molar-refractivity contribution in [1.82, 2.24) is 0 Å². The maximum absolute atomic E-state index is 11.9. The summed E-state index contributed by atoms with van der Waals surface area (Å²) >= 11 is 0. The van der Waals surface area contributed by atoms with Gasteiger partial charge in [-0.05, 0) is 25.8 Å². The molecule has 0 aromatic carbocycles. The molecule has 0 heterocycles. The Balaban J connectivity index is 4.30. The normalized spacial score (nSPS) is 14.0. The third-order valence-electron chi connectivity index (χ3n) is 1.85. The summed E-state index contributed by atoms with van der Waals surface area (Å²) in [6, 6.07) is 0. The van der Waals surface area contributed by atoms with Crippen LogP contribution in [-0.2, 0) is 9.47 Å². The Morgan fingerprint density at radius 3 is 1.70 bits per heavy atom. The highest BCUT2D eigenvalue weighted by atomic mass is 19.4. The lowest BCUT2D eigenvalue weighted by Gasteiger charge is -2.17. The summed E-state index contributed by atoms with van der Waals surface area (Å²) in [6.07, 6.45) is -3.79. The molecule has 0 spiro atoms. The molecule has 20 heavy (non-hydrogen) atoms. The first-order chi connectivity index (χ1) is 9.14. The van der Waals surface area contributed by atoms with Gasteiger partial charge in [-0.25, -0.2) is 0 Å². The number of rotatable bonds is 8. The predicted octanol–water partition coefficient (Wildman–Crippen LogP) is 4.38. The zero-order valence-electron chi connectivity index (χ0n) is 10.8. The van der Waals surface area contributed by atoms with E-state index in [2.05, 4.69) is 9.47 Å². The third kappa shape index (κ3) is 13.4. The summed E-state index contributed by atoms with van der Waals surface area (Å²) in [7, 11) is 0. The lowest BCUT2D eigenvalue weighted by molar-refractivity contribution is -0.246. The van der Waals surface area contributed by atoms with Gasteiger partial charge in [0.1, 0.15) is 13.2 Å². The monoisotopic (exact) mass is 306 g/mol. The molecule has 0 aromatic heterocycles. The molecule has 0 aromatic rings. The number of unbranched alkanes of at least 4 members (excludes halogenated alkanes) is 1. The average Bonchev–Trinajstić information content (AvgIpc) is 2.29. The molecule has 0 amide bonds. The van der Waals surface area contributed by atoms with E-state index in [0.717, 1.165) is 6.08 Å². The Kier molecular flexibility index (Phi) is 8.56. The van der Waals surface area contributed by atoms with Crippen LogP contribution in [0.5, 0.6) is 0 Å². The molecule has 0 aliphatic rings. The van der Waals surface area contributed by atoms with Crippen LogP contribution in [0.1, 0.15) is 19.8 Å². The Morgan fingerprint density at radius 2 is 1.30 bits per heavy atom. The zero-order valence-corrected chi connectivity index (χ0v) is 10.8. The minimum absolute atomic E-state index is 0.464. The Bertz CT molecular complexity index is 288. The van der Waals surface area contributed by atoms with E-state index in [1.165, 1.54) is 6.08 Å². The number of hydrogen-bond acceptors (Lipinski definition) is 2. The molecule has 0 saturated carbocycles. The third-order valence-corrected chi connectivity index (χ3v) is 1.85. The molecule has 0 unspecified atom stereocenters. The second-order valence-electron chi connectivity index (χ2n) is 3.80. The van der Waals surface area contributed by atoms with E-state index in [0.29, 0.717) is 12.8 Å². The van der Waals surface area contributed by atoms with Gasteiger partial charge < -0.3 is 9.47 Å². The first kappa shape index (κ1) is 19.0. The fourth-order valence-corrected chi connectivity index (χ4v) is 1.08. The van der Waals surface area contributed by atoms with Gasteiger partial charge in [0.25, 0.3) is 0 Å². The molecule has 0 atom stereocenters. The first-order valence-corrected chi connectivity index (χ1v) is 5.78. The minimum atomic E-state index is -4.63. The molecule has 0 rings (SSSR count). The van der Waals surface area contributed by atoms with Crippen LogP contribution >= 0.6 is 0 Å². The highest BCUT2D eigenvalue weighted by Crippen LogP contribution is 2.19. The van der Waals surface area contributed by atoms with E-state index in [1.54, 1.807) is 13.0 Å². The fraction of sp³-hybridized carbons (Fsp3) is 0.667. The van der Waals surface area contributed by atoms with Crippen molar-refractivity contribution < 1.29 is 35.8 Å². The molecule has 0 aliphatic heterocycles. The summed E-state index contributed by atoms with van der Waals surface area (Å²) in [5.41, 5.74) is 0. The molecule has 0 bridgehead atoms. The van der Waals surface area contributed by atoms with Crippen molar-refractivity contribution in [3.8, 4) is 0 Å². The van der Waals surface area contributed by atoms with Crippen molar-refractivity contribution >= 4 is 0 Å². The molecule has 0 N–H and O–H groups in total. The fourth-order valence-electron chi connectivity index (χ4n) is 1.08. The average molecular weight is 306 g/mol. The molecule has 0 aliphatic carbocycles. The summed E-state index contributed by atoms with van der Waals surface area (Å²) in [4.78, 5) is 0. The van der Waals surface area contributed by atoms with E-state index in [-0.39, 0.29) is 0 Å². The van der Waals surface area contributed by atoms with Crippen molar-refractivity contribution in [3.05, 3.63) is 24.3 Å². The van der Waals surface area contributed by atoms with Gasteiger partial charge in [0.15, 0.2) is 6.29 Å². The van der Waals surface area contributed by atoms with E-state index in [1.807, 2.05) is 6.08 Å². The summed E-state index contributed by atoms with van der Waals surface area (Å²) in [5, 5.41) is 0. The predicted molar refractivity (Wildman–Crippen MR) is 61.0 cm³/mol. The van der Waals surface area contributed by atoms with Gasteiger partial charge in [-0.2, -0.15) is 26.3 Å². The van der Waals surface area contributed by atoms with Crippen LogP contribution in [0, 0.1) is 0 Å². The Hall–Kier alpha value is -1.02. The highest BCUT2D eigenvalue weighted by Gasteiger charge is 2.32. The van der Waals surface area contributed by atoms with Gasteiger partial charge in [-0.15, -0.1) is 0 Å². The van der Waals surface area contributed by atoms with Crippen LogP contribution in [0.15, 0.2) is 24.3 Å². The SMILES string of the molecule is CC=CCCC=CC(OCC(F)(F)F)OCC(F)(F)F. The van der Waals surface area contributed by atoms with Gasteiger partial charge in [-0.3, -0.25) is 0 Å². The molecule has 0 radical (unpaired) electrons. The van der Waals surface area contributed by atoms with Crippen molar-refractivity contribution in [3.63, 3.8) is 0 Å². The van der Waals surface area contributed by atoms with Gasteiger partial charge in [0, 0.05) is 0 Å². The first-order valence-electron chi connectivity index (χ1n) is 5.78. The van der Waals surface area contributed by atoms with Crippen LogP contribution < -0.4 is 0 Å². The maximum atomic E-state index is 11.9. The van der Waals surface area contributed by atoms with Gasteiger partial charge >= 0.3 is 12.4 Å². The van der Waals surface area contributed by atoms with Crippen LogP contribution in [0.2, 0.25) is 0 Å². The van der Waals surface area contributed by atoms with Crippen molar-refractivity contribution in [2.24, 2.45) is 0 Å². The van der Waals surface area contributed by atoms with Crippen LogP contribution in [-0.4, -0.2) is 31.9 Å². The lowest BCUT2D eigenvalue weighted by atomic mass is 10.2. The molecule has 8 heteroatoms. The maximum Gasteiger partial charge on any atom is 0.411 e. The zero-order chi connectivity index (χ0) is 15.6. The lowest BCUT2D eigenvalue weighted by Crippen LogP contribution is -2.28. The van der Waals surface area contributed by atoms with E-state index < -0.39 is 31.9 Å². The minimum Gasteiger partial charge on any atom is -0.340 e. The number of halogens is 6. The van der Waals surface area contributed by atoms with Crippen molar-refractivity contribution in [2.75, 3.05) is 13.2 Å². The Morgan fingerprint density at radius 1 is 0.850 bits per heavy atom. The van der Waals surface area contributed by atoms with Crippen molar-refractivity contribution in [1.29, 1.82) is 0 Å². The second-order valence-corrected chi connectivity index (χ2v) is 3.80. The quantitative estimate of drug-likeness (QED) is 0.287.